The van der Waals surface area contributed by atoms with Crippen molar-refractivity contribution in [3.05, 3.63) is 6.07 Å². The van der Waals surface area contributed by atoms with Crippen molar-refractivity contribution < 1.29 is 29.6 Å². The zero-order chi connectivity index (χ0) is 18.1. The fraction of sp³-hybridized carbons (Fsp3) is 0.786. The lowest BCUT2D eigenvalue weighted by Crippen LogP contribution is -2.53. The summed E-state index contributed by atoms with van der Waals surface area (Å²) in [6, 6.07) is 1.37. The third kappa shape index (κ3) is 4.19. The molecule has 4 N–H and O–H groups in total. The van der Waals surface area contributed by atoms with Gasteiger partial charge in [-0.15, -0.1) is 0 Å². The van der Waals surface area contributed by atoms with Gasteiger partial charge in [-0.05, 0) is 53.0 Å². The molecule has 1 fully saturated rings. The van der Waals surface area contributed by atoms with Gasteiger partial charge in [-0.3, -0.25) is 0 Å². The van der Waals surface area contributed by atoms with Crippen molar-refractivity contribution in [2.45, 2.75) is 64.4 Å². The lowest BCUT2D eigenvalue weighted by molar-refractivity contribution is -0.0984. The number of hydrogen-bond acceptors (Lipinski definition) is 7. The van der Waals surface area contributed by atoms with E-state index in [4.69, 9.17) is 9.39 Å². The van der Waals surface area contributed by atoms with E-state index >= 15 is 0 Å². The van der Waals surface area contributed by atoms with Gasteiger partial charge in [0.2, 0.25) is 0 Å². The van der Waals surface area contributed by atoms with E-state index in [0.29, 0.717) is 13.0 Å². The molecule has 1 aromatic rings. The molecular weight excluding hydrogens is 314 g/mol. The summed E-state index contributed by atoms with van der Waals surface area (Å²) in [5.74, 6) is 0. The first-order valence-corrected chi connectivity index (χ1v) is 8.18. The van der Waals surface area contributed by atoms with Crippen molar-refractivity contribution in [1.29, 1.82) is 0 Å². The molecule has 1 aliphatic heterocycles. The third-order valence-corrected chi connectivity index (χ3v) is 4.61. The van der Waals surface area contributed by atoms with Crippen LogP contribution in [0.2, 0.25) is 0 Å². The highest BCUT2D eigenvalue weighted by Gasteiger charge is 2.41. The molecule has 8 nitrogen and oxygen atoms in total. The number of nitrogens with zero attached hydrogens (tertiary/aromatic N) is 2. The summed E-state index contributed by atoms with van der Waals surface area (Å²) >= 11 is 0. The quantitative estimate of drug-likeness (QED) is 0.467. The van der Waals surface area contributed by atoms with E-state index in [2.05, 4.69) is 5.10 Å². The Labute approximate surface area is 142 Å². The standard InChI is InChI=1S/C14H26B2N2O6/c1-13(2,19)14(3,4)24-16(22)10-9-11(15(20)21)18(17-10)12-7-5-6-8-23-12/h9,12,19-22H,5-8H2,1-4H3. The van der Waals surface area contributed by atoms with Gasteiger partial charge in [0.1, 0.15) is 6.23 Å². The molecule has 24 heavy (non-hydrogen) atoms. The average Bonchev–Trinajstić information content (AvgIpc) is 2.92. The van der Waals surface area contributed by atoms with Gasteiger partial charge >= 0.3 is 14.2 Å². The Bertz CT molecular complexity index is 552. The van der Waals surface area contributed by atoms with Gasteiger partial charge < -0.3 is 29.6 Å². The molecule has 1 saturated heterocycles. The number of hydrogen-bond donors (Lipinski definition) is 4. The summed E-state index contributed by atoms with van der Waals surface area (Å²) in [6.45, 7) is 7.04. The summed E-state index contributed by atoms with van der Waals surface area (Å²) < 4.78 is 12.5. The Morgan fingerprint density at radius 1 is 1.25 bits per heavy atom. The van der Waals surface area contributed by atoms with Gasteiger partial charge in [0, 0.05) is 6.61 Å². The van der Waals surface area contributed by atoms with E-state index in [9.17, 15) is 20.2 Å². The summed E-state index contributed by atoms with van der Waals surface area (Å²) in [6.07, 6.45) is 2.20. The fourth-order valence-electron chi connectivity index (χ4n) is 2.37. The van der Waals surface area contributed by atoms with Crippen LogP contribution >= 0.6 is 0 Å². The van der Waals surface area contributed by atoms with Crippen LogP contribution in [0.15, 0.2) is 6.07 Å². The molecule has 2 heterocycles. The second-order valence-electron chi connectivity index (χ2n) is 7.17. The first-order valence-electron chi connectivity index (χ1n) is 8.18. The number of ether oxygens (including phenoxy) is 1. The van der Waals surface area contributed by atoms with Gasteiger partial charge in [0.25, 0.3) is 0 Å². The van der Waals surface area contributed by atoms with Crippen LogP contribution in [0.5, 0.6) is 0 Å². The molecule has 0 radical (unpaired) electrons. The SMILES string of the molecule is CC(C)(O)C(C)(C)OB(O)c1cc(B(O)O)n(C2CCCCO2)n1. The highest BCUT2D eigenvalue weighted by molar-refractivity contribution is 6.62. The second-order valence-corrected chi connectivity index (χ2v) is 7.17. The van der Waals surface area contributed by atoms with Crippen molar-refractivity contribution in [3.63, 3.8) is 0 Å². The van der Waals surface area contributed by atoms with Crippen molar-refractivity contribution in [2.24, 2.45) is 0 Å². The zero-order valence-electron chi connectivity index (χ0n) is 14.6. The van der Waals surface area contributed by atoms with E-state index in [-0.39, 0.29) is 11.2 Å². The number of rotatable bonds is 6. The first kappa shape index (κ1) is 19.4. The molecule has 0 saturated carbocycles. The molecule has 0 amide bonds. The monoisotopic (exact) mass is 340 g/mol. The molecule has 0 aliphatic carbocycles. The van der Waals surface area contributed by atoms with Crippen LogP contribution in [0.1, 0.15) is 53.2 Å². The fourth-order valence-corrected chi connectivity index (χ4v) is 2.37. The van der Waals surface area contributed by atoms with Gasteiger partial charge in [0.15, 0.2) is 0 Å². The lowest BCUT2D eigenvalue weighted by Gasteiger charge is -2.38. The van der Waals surface area contributed by atoms with Crippen molar-refractivity contribution in [1.82, 2.24) is 9.78 Å². The molecule has 134 valence electrons. The molecule has 0 spiro atoms. The summed E-state index contributed by atoms with van der Waals surface area (Å²) in [4.78, 5) is 0. The minimum atomic E-state index is -1.74. The van der Waals surface area contributed by atoms with Crippen molar-refractivity contribution in [2.75, 3.05) is 6.61 Å². The van der Waals surface area contributed by atoms with E-state index < -0.39 is 31.7 Å². The van der Waals surface area contributed by atoms with Crippen LogP contribution in [-0.4, -0.2) is 62.0 Å². The van der Waals surface area contributed by atoms with Crippen LogP contribution in [0.3, 0.4) is 0 Å². The highest BCUT2D eigenvalue weighted by Crippen LogP contribution is 2.25. The van der Waals surface area contributed by atoms with Crippen LogP contribution in [0.25, 0.3) is 0 Å². The normalized spacial score (nSPS) is 19.4. The minimum Gasteiger partial charge on any atom is -0.422 e. The topological polar surface area (TPSA) is 117 Å². The maximum atomic E-state index is 10.3. The Hall–Kier alpha value is -0.900. The third-order valence-electron chi connectivity index (χ3n) is 4.61. The van der Waals surface area contributed by atoms with Crippen LogP contribution in [-0.2, 0) is 9.39 Å². The summed E-state index contributed by atoms with van der Waals surface area (Å²) in [5.41, 5.74) is -1.98. The van der Waals surface area contributed by atoms with Crippen LogP contribution in [0.4, 0.5) is 0 Å². The smallest absolute Gasteiger partial charge is 0.422 e. The predicted molar refractivity (Wildman–Crippen MR) is 90.0 cm³/mol. The predicted octanol–water partition coefficient (Wildman–Crippen LogP) is -1.48. The molecule has 2 rings (SSSR count). The Kier molecular flexibility index (Phi) is 5.79. The van der Waals surface area contributed by atoms with Crippen LogP contribution < -0.4 is 11.2 Å². The van der Waals surface area contributed by atoms with Gasteiger partial charge in [-0.2, -0.15) is 5.10 Å². The minimum absolute atomic E-state index is 0.126. The van der Waals surface area contributed by atoms with Crippen molar-refractivity contribution >= 4 is 25.4 Å². The highest BCUT2D eigenvalue weighted by atomic mass is 16.5. The van der Waals surface area contributed by atoms with E-state index in [1.54, 1.807) is 27.7 Å². The van der Waals surface area contributed by atoms with Crippen LogP contribution in [0, 0.1) is 0 Å². The largest absolute Gasteiger partial charge is 0.513 e. The molecule has 10 heteroatoms. The first-order chi connectivity index (χ1) is 11.0. The summed E-state index contributed by atoms with van der Waals surface area (Å²) in [7, 11) is -3.17. The molecule has 1 unspecified atom stereocenters. The Balaban J connectivity index is 2.24. The molecule has 1 aromatic heterocycles. The van der Waals surface area contributed by atoms with Gasteiger partial charge in [-0.1, -0.05) is 0 Å². The molecule has 1 aliphatic rings. The molecule has 0 bridgehead atoms. The lowest BCUT2D eigenvalue weighted by atomic mass is 9.78. The number of aliphatic hydroxyl groups is 1. The number of aromatic nitrogens is 2. The van der Waals surface area contributed by atoms with Gasteiger partial charge in [0.05, 0.1) is 22.4 Å². The zero-order valence-corrected chi connectivity index (χ0v) is 14.6. The van der Waals surface area contributed by atoms with Gasteiger partial charge in [-0.25, -0.2) is 4.68 Å². The van der Waals surface area contributed by atoms with E-state index in [1.165, 1.54) is 10.7 Å². The molecule has 1 atom stereocenters. The van der Waals surface area contributed by atoms with E-state index in [1.807, 2.05) is 0 Å². The van der Waals surface area contributed by atoms with E-state index in [0.717, 1.165) is 12.8 Å². The average molecular weight is 340 g/mol. The Morgan fingerprint density at radius 3 is 2.42 bits per heavy atom. The maximum absolute atomic E-state index is 10.3. The second kappa shape index (κ2) is 7.15. The molecular formula is C14H26B2N2O6. The molecule has 0 aromatic carbocycles. The summed E-state index contributed by atoms with van der Waals surface area (Å²) in [5, 5.41) is 43.8. The maximum Gasteiger partial charge on any atom is 0.513 e. The Morgan fingerprint density at radius 2 is 1.92 bits per heavy atom. The van der Waals surface area contributed by atoms with Crippen molar-refractivity contribution in [3.8, 4) is 0 Å².